The number of aliphatic hydroxyl groups is 1. The van der Waals surface area contributed by atoms with Gasteiger partial charge in [0.25, 0.3) is 0 Å². The molecule has 2 nitrogen and oxygen atoms in total. The summed E-state index contributed by atoms with van der Waals surface area (Å²) < 4.78 is 14.4. The van der Waals surface area contributed by atoms with Gasteiger partial charge in [-0.2, -0.15) is 0 Å². The van der Waals surface area contributed by atoms with Crippen molar-refractivity contribution in [1.82, 2.24) is 4.90 Å². The Morgan fingerprint density at radius 1 is 1.50 bits per heavy atom. The topological polar surface area (TPSA) is 23.5 Å². The van der Waals surface area contributed by atoms with Crippen LogP contribution in [0.4, 0.5) is 4.39 Å². The number of hydrogen-bond donors (Lipinski definition) is 1. The average molecular weight is 288 g/mol. The van der Waals surface area contributed by atoms with Gasteiger partial charge >= 0.3 is 0 Å². The van der Waals surface area contributed by atoms with Crippen molar-refractivity contribution in [3.63, 3.8) is 0 Å². The zero-order chi connectivity index (χ0) is 11.5. The van der Waals surface area contributed by atoms with Crippen LogP contribution in [0.2, 0.25) is 0 Å². The molecule has 0 radical (unpaired) electrons. The van der Waals surface area contributed by atoms with Crippen LogP contribution >= 0.6 is 15.9 Å². The summed E-state index contributed by atoms with van der Waals surface area (Å²) in [6.45, 7) is 1.68. The Morgan fingerprint density at radius 3 is 3.06 bits per heavy atom. The first-order chi connectivity index (χ1) is 7.70. The van der Waals surface area contributed by atoms with E-state index in [4.69, 9.17) is 0 Å². The number of nitrogens with zero attached hydrogens (tertiary/aromatic N) is 1. The van der Waals surface area contributed by atoms with E-state index in [0.717, 1.165) is 23.9 Å². The maximum Gasteiger partial charge on any atom is 0.127 e. The molecule has 1 aliphatic heterocycles. The summed E-state index contributed by atoms with van der Waals surface area (Å²) >= 11 is 3.34. The van der Waals surface area contributed by atoms with Crippen LogP contribution in [-0.4, -0.2) is 29.2 Å². The summed E-state index contributed by atoms with van der Waals surface area (Å²) in [5, 5.41) is 9.19. The Balaban J connectivity index is 2.11. The minimum Gasteiger partial charge on any atom is -0.395 e. The highest BCUT2D eigenvalue weighted by Crippen LogP contribution is 2.22. The number of likely N-dealkylation sites (tertiary alicyclic amines) is 1. The Kier molecular flexibility index (Phi) is 3.95. The van der Waals surface area contributed by atoms with Crippen LogP contribution < -0.4 is 0 Å². The molecule has 0 saturated carbocycles. The summed E-state index contributed by atoms with van der Waals surface area (Å²) in [5.41, 5.74) is 0.690. The van der Waals surface area contributed by atoms with Crippen molar-refractivity contribution in [2.24, 2.45) is 0 Å². The van der Waals surface area contributed by atoms with Gasteiger partial charge in [0.2, 0.25) is 0 Å². The fourth-order valence-corrected chi connectivity index (χ4v) is 2.60. The minimum absolute atomic E-state index is 0.162. The van der Waals surface area contributed by atoms with Gasteiger partial charge in [0.15, 0.2) is 0 Å². The predicted octanol–water partition coefficient (Wildman–Crippen LogP) is 2.54. The van der Waals surface area contributed by atoms with Gasteiger partial charge in [-0.15, -0.1) is 0 Å². The minimum atomic E-state index is -0.174. The molecule has 0 aromatic heterocycles. The van der Waals surface area contributed by atoms with E-state index < -0.39 is 0 Å². The lowest BCUT2D eigenvalue weighted by atomic mass is 10.2. The number of aliphatic hydroxyl groups excluding tert-OH is 1. The number of hydrogen-bond acceptors (Lipinski definition) is 2. The van der Waals surface area contributed by atoms with Crippen LogP contribution in [0.5, 0.6) is 0 Å². The summed E-state index contributed by atoms with van der Waals surface area (Å²) in [6, 6.07) is 5.18. The van der Waals surface area contributed by atoms with E-state index in [9.17, 15) is 9.50 Å². The van der Waals surface area contributed by atoms with Crippen LogP contribution in [0.15, 0.2) is 22.7 Å². The molecular formula is C12H15BrFNO. The van der Waals surface area contributed by atoms with E-state index in [1.54, 1.807) is 6.07 Å². The van der Waals surface area contributed by atoms with Gasteiger partial charge in [-0.05, 0) is 37.6 Å². The van der Waals surface area contributed by atoms with Crippen molar-refractivity contribution in [2.45, 2.75) is 25.4 Å². The first-order valence-corrected chi connectivity index (χ1v) is 6.29. The van der Waals surface area contributed by atoms with Gasteiger partial charge in [-0.1, -0.05) is 15.9 Å². The van der Waals surface area contributed by atoms with Crippen molar-refractivity contribution in [1.29, 1.82) is 0 Å². The molecule has 1 N–H and O–H groups in total. The molecular weight excluding hydrogens is 273 g/mol. The molecule has 0 amide bonds. The van der Waals surface area contributed by atoms with E-state index in [1.807, 2.05) is 6.07 Å². The van der Waals surface area contributed by atoms with Gasteiger partial charge in [-0.25, -0.2) is 4.39 Å². The molecule has 0 aliphatic carbocycles. The van der Waals surface area contributed by atoms with Gasteiger partial charge in [0.1, 0.15) is 5.82 Å². The quantitative estimate of drug-likeness (QED) is 0.924. The van der Waals surface area contributed by atoms with E-state index in [2.05, 4.69) is 20.8 Å². The highest BCUT2D eigenvalue weighted by atomic mass is 79.9. The highest BCUT2D eigenvalue weighted by Gasteiger charge is 2.24. The summed E-state index contributed by atoms with van der Waals surface area (Å²) in [5.74, 6) is -0.174. The number of rotatable bonds is 3. The molecule has 88 valence electrons. The fraction of sp³-hybridized carbons (Fsp3) is 0.500. The molecule has 1 fully saturated rings. The van der Waals surface area contributed by atoms with Crippen LogP contribution in [0.3, 0.4) is 0 Å². The molecule has 1 aromatic rings. The van der Waals surface area contributed by atoms with Crippen LogP contribution in [0.25, 0.3) is 0 Å². The Bertz CT molecular complexity index is 372. The first-order valence-electron chi connectivity index (χ1n) is 5.49. The molecule has 1 atom stereocenters. The molecule has 2 rings (SSSR count). The monoisotopic (exact) mass is 287 g/mol. The maximum atomic E-state index is 13.5. The average Bonchev–Trinajstić information content (AvgIpc) is 2.71. The molecule has 1 unspecified atom stereocenters. The van der Waals surface area contributed by atoms with E-state index >= 15 is 0 Å². The standard InChI is InChI=1S/C12H15BrFNO/c13-10-3-4-12(14)9(6-10)7-15-5-1-2-11(15)8-16/h3-4,6,11,16H,1-2,5,7-8H2. The van der Waals surface area contributed by atoms with Gasteiger partial charge in [-0.3, -0.25) is 4.90 Å². The SMILES string of the molecule is OCC1CCCN1Cc1cc(Br)ccc1F. The molecule has 1 aliphatic rings. The summed E-state index contributed by atoms with van der Waals surface area (Å²) in [4.78, 5) is 2.14. The van der Waals surface area contributed by atoms with Gasteiger partial charge in [0.05, 0.1) is 6.61 Å². The first kappa shape index (κ1) is 12.0. The van der Waals surface area contributed by atoms with Crippen LogP contribution in [0, 0.1) is 5.82 Å². The van der Waals surface area contributed by atoms with Crippen LogP contribution in [-0.2, 0) is 6.54 Å². The second-order valence-corrected chi connectivity index (χ2v) is 5.10. The summed E-state index contributed by atoms with van der Waals surface area (Å²) in [6.07, 6.45) is 2.09. The lowest BCUT2D eigenvalue weighted by molar-refractivity contribution is 0.152. The predicted molar refractivity (Wildman–Crippen MR) is 64.6 cm³/mol. The Hall–Kier alpha value is -0.450. The number of halogens is 2. The third kappa shape index (κ3) is 2.62. The van der Waals surface area contributed by atoms with E-state index in [-0.39, 0.29) is 18.5 Å². The van der Waals surface area contributed by atoms with Crippen molar-refractivity contribution < 1.29 is 9.50 Å². The van der Waals surface area contributed by atoms with Gasteiger partial charge < -0.3 is 5.11 Å². The largest absolute Gasteiger partial charge is 0.395 e. The molecule has 0 bridgehead atoms. The molecule has 16 heavy (non-hydrogen) atoms. The van der Waals surface area contributed by atoms with Crippen molar-refractivity contribution in [3.8, 4) is 0 Å². The third-order valence-corrected chi connectivity index (χ3v) is 3.58. The molecule has 4 heteroatoms. The lowest BCUT2D eigenvalue weighted by Gasteiger charge is -2.22. The highest BCUT2D eigenvalue weighted by molar-refractivity contribution is 9.10. The lowest BCUT2D eigenvalue weighted by Crippen LogP contribution is -2.31. The normalized spacial score (nSPS) is 21.6. The third-order valence-electron chi connectivity index (χ3n) is 3.09. The molecule has 1 heterocycles. The Labute approximate surface area is 103 Å². The van der Waals surface area contributed by atoms with Crippen LogP contribution in [0.1, 0.15) is 18.4 Å². The maximum absolute atomic E-state index is 13.5. The Morgan fingerprint density at radius 2 is 2.31 bits per heavy atom. The molecule has 1 saturated heterocycles. The van der Waals surface area contributed by atoms with Crippen molar-refractivity contribution >= 4 is 15.9 Å². The fourth-order valence-electron chi connectivity index (χ4n) is 2.19. The summed E-state index contributed by atoms with van der Waals surface area (Å²) in [7, 11) is 0. The second-order valence-electron chi connectivity index (χ2n) is 4.18. The smallest absolute Gasteiger partial charge is 0.127 e. The number of benzene rings is 1. The molecule has 0 spiro atoms. The zero-order valence-corrected chi connectivity index (χ0v) is 10.6. The van der Waals surface area contributed by atoms with Crippen molar-refractivity contribution in [2.75, 3.05) is 13.2 Å². The van der Waals surface area contributed by atoms with E-state index in [0.29, 0.717) is 12.1 Å². The zero-order valence-electron chi connectivity index (χ0n) is 9.00. The van der Waals surface area contributed by atoms with Gasteiger partial charge in [0, 0.05) is 22.6 Å². The molecule has 1 aromatic carbocycles. The second kappa shape index (κ2) is 5.25. The van der Waals surface area contributed by atoms with E-state index in [1.165, 1.54) is 6.07 Å². The van der Waals surface area contributed by atoms with Crippen molar-refractivity contribution in [3.05, 3.63) is 34.1 Å².